The van der Waals surface area contributed by atoms with Crippen molar-refractivity contribution in [1.82, 2.24) is 9.29 Å². The number of sulfonamides is 1. The van der Waals surface area contributed by atoms with E-state index in [9.17, 15) is 13.2 Å². The van der Waals surface area contributed by atoms with Crippen molar-refractivity contribution in [1.29, 1.82) is 0 Å². The van der Waals surface area contributed by atoms with E-state index < -0.39 is 16.0 Å². The predicted molar refractivity (Wildman–Crippen MR) is 72.9 cm³/mol. The monoisotopic (exact) mass is 298 g/mol. The van der Waals surface area contributed by atoms with Gasteiger partial charge in [-0.25, -0.2) is 18.2 Å². The molecule has 1 saturated carbocycles. The summed E-state index contributed by atoms with van der Waals surface area (Å²) < 4.78 is 26.5. The number of hydrogen-bond acceptors (Lipinski definition) is 4. The van der Waals surface area contributed by atoms with E-state index in [0.29, 0.717) is 12.5 Å². The molecule has 7 heteroatoms. The third kappa shape index (κ3) is 3.16. The van der Waals surface area contributed by atoms with Crippen molar-refractivity contribution in [2.75, 3.05) is 6.54 Å². The Morgan fingerprint density at radius 3 is 2.50 bits per heavy atom. The molecule has 0 aliphatic heterocycles. The number of pyridine rings is 1. The van der Waals surface area contributed by atoms with Crippen molar-refractivity contribution in [3.63, 3.8) is 0 Å². The standard InChI is InChI=1S/C13H18N2O4S/c1-9(2)15(8-10-3-4-10)20(18,19)12-6-5-11(7-14-12)13(16)17/h5-7,9-10H,3-4,8H2,1-2H3,(H,16,17). The van der Waals surface area contributed by atoms with Crippen LogP contribution in [0.15, 0.2) is 23.4 Å². The highest BCUT2D eigenvalue weighted by atomic mass is 32.2. The predicted octanol–water partition coefficient (Wildman–Crippen LogP) is 1.59. The lowest BCUT2D eigenvalue weighted by atomic mass is 10.3. The molecular weight excluding hydrogens is 280 g/mol. The molecule has 1 N–H and O–H groups in total. The largest absolute Gasteiger partial charge is 0.478 e. The molecular formula is C13H18N2O4S. The number of carboxylic acid groups (broad SMARTS) is 1. The summed E-state index contributed by atoms with van der Waals surface area (Å²) >= 11 is 0. The van der Waals surface area contributed by atoms with Gasteiger partial charge in [-0.3, -0.25) is 0 Å². The molecule has 6 nitrogen and oxygen atoms in total. The number of carbonyl (C=O) groups is 1. The molecule has 110 valence electrons. The number of hydrogen-bond donors (Lipinski definition) is 1. The molecule has 0 saturated heterocycles. The molecule has 1 aromatic rings. The van der Waals surface area contributed by atoms with Gasteiger partial charge in [-0.2, -0.15) is 4.31 Å². The van der Waals surface area contributed by atoms with Crippen LogP contribution in [0.3, 0.4) is 0 Å². The van der Waals surface area contributed by atoms with E-state index in [2.05, 4.69) is 4.98 Å². The van der Waals surface area contributed by atoms with Crippen molar-refractivity contribution in [3.05, 3.63) is 23.9 Å². The van der Waals surface area contributed by atoms with Crippen molar-refractivity contribution in [2.24, 2.45) is 5.92 Å². The average Bonchev–Trinajstić information content (AvgIpc) is 3.19. The zero-order valence-electron chi connectivity index (χ0n) is 11.5. The fourth-order valence-electron chi connectivity index (χ4n) is 1.92. The average molecular weight is 298 g/mol. The Balaban J connectivity index is 2.28. The van der Waals surface area contributed by atoms with Gasteiger partial charge in [0.05, 0.1) is 5.56 Å². The topological polar surface area (TPSA) is 87.6 Å². The van der Waals surface area contributed by atoms with Crippen molar-refractivity contribution < 1.29 is 18.3 Å². The number of carboxylic acids is 1. The van der Waals surface area contributed by atoms with Gasteiger partial charge in [0.25, 0.3) is 10.0 Å². The summed E-state index contributed by atoms with van der Waals surface area (Å²) in [5.41, 5.74) is -0.0257. The second-order valence-corrected chi connectivity index (χ2v) is 7.14. The van der Waals surface area contributed by atoms with Crippen LogP contribution in [0.4, 0.5) is 0 Å². The first kappa shape index (κ1) is 14.9. The molecule has 0 spiro atoms. The van der Waals surface area contributed by atoms with E-state index in [1.54, 1.807) is 0 Å². The number of rotatable bonds is 6. The van der Waals surface area contributed by atoms with Crippen LogP contribution in [0.25, 0.3) is 0 Å². The van der Waals surface area contributed by atoms with Gasteiger partial charge in [-0.15, -0.1) is 0 Å². The van der Waals surface area contributed by atoms with E-state index in [-0.39, 0.29) is 16.6 Å². The Hall–Kier alpha value is -1.47. The second kappa shape index (κ2) is 5.49. The van der Waals surface area contributed by atoms with E-state index >= 15 is 0 Å². The summed E-state index contributed by atoms with van der Waals surface area (Å²) in [6, 6.07) is 2.36. The maximum Gasteiger partial charge on any atom is 0.337 e. The Morgan fingerprint density at radius 2 is 2.10 bits per heavy atom. The number of aromatic nitrogens is 1. The summed E-state index contributed by atoms with van der Waals surface area (Å²) in [6.45, 7) is 4.15. The summed E-state index contributed by atoms with van der Waals surface area (Å²) in [5.74, 6) is -0.689. The first-order valence-corrected chi connectivity index (χ1v) is 7.97. The Bertz CT molecular complexity index is 591. The van der Waals surface area contributed by atoms with Crippen LogP contribution in [0, 0.1) is 5.92 Å². The van der Waals surface area contributed by atoms with Crippen LogP contribution in [-0.2, 0) is 10.0 Å². The van der Waals surface area contributed by atoms with Gasteiger partial charge in [0, 0.05) is 18.8 Å². The molecule has 1 aliphatic rings. The van der Waals surface area contributed by atoms with Gasteiger partial charge in [0.15, 0.2) is 5.03 Å². The lowest BCUT2D eigenvalue weighted by Gasteiger charge is -2.25. The molecule has 0 unspecified atom stereocenters. The molecule has 0 amide bonds. The number of nitrogens with zero attached hydrogens (tertiary/aromatic N) is 2. The van der Waals surface area contributed by atoms with Gasteiger partial charge in [-0.05, 0) is 44.7 Å². The SMILES string of the molecule is CC(C)N(CC1CC1)S(=O)(=O)c1ccc(C(=O)O)cn1. The van der Waals surface area contributed by atoms with Crippen molar-refractivity contribution >= 4 is 16.0 Å². The molecule has 2 rings (SSSR count). The third-order valence-electron chi connectivity index (χ3n) is 3.27. The molecule has 1 aromatic heterocycles. The van der Waals surface area contributed by atoms with Crippen LogP contribution >= 0.6 is 0 Å². The fraction of sp³-hybridized carbons (Fsp3) is 0.538. The van der Waals surface area contributed by atoms with Gasteiger partial charge in [-0.1, -0.05) is 0 Å². The van der Waals surface area contributed by atoms with E-state index in [0.717, 1.165) is 19.0 Å². The van der Waals surface area contributed by atoms with Crippen molar-refractivity contribution in [3.8, 4) is 0 Å². The first-order chi connectivity index (χ1) is 9.32. The minimum absolute atomic E-state index is 0.0257. The number of aromatic carboxylic acids is 1. The lowest BCUT2D eigenvalue weighted by molar-refractivity contribution is 0.0696. The minimum atomic E-state index is -3.67. The summed E-state index contributed by atoms with van der Waals surface area (Å²) in [6.07, 6.45) is 3.19. The molecule has 0 atom stereocenters. The first-order valence-electron chi connectivity index (χ1n) is 6.53. The lowest BCUT2D eigenvalue weighted by Crippen LogP contribution is -2.38. The smallest absolute Gasteiger partial charge is 0.337 e. The highest BCUT2D eigenvalue weighted by Gasteiger charge is 2.34. The van der Waals surface area contributed by atoms with Gasteiger partial charge >= 0.3 is 5.97 Å². The summed E-state index contributed by atoms with van der Waals surface area (Å²) in [4.78, 5) is 14.6. The van der Waals surface area contributed by atoms with Crippen LogP contribution in [0.5, 0.6) is 0 Å². The molecule has 0 aromatic carbocycles. The van der Waals surface area contributed by atoms with Crippen LogP contribution in [-0.4, -0.2) is 41.4 Å². The van der Waals surface area contributed by atoms with Crippen LogP contribution < -0.4 is 0 Å². The zero-order valence-corrected chi connectivity index (χ0v) is 12.3. The van der Waals surface area contributed by atoms with Crippen molar-refractivity contribution in [2.45, 2.75) is 37.8 Å². The van der Waals surface area contributed by atoms with Crippen LogP contribution in [0.2, 0.25) is 0 Å². The molecule has 20 heavy (non-hydrogen) atoms. The van der Waals surface area contributed by atoms with E-state index in [1.165, 1.54) is 16.4 Å². The summed E-state index contributed by atoms with van der Waals surface area (Å²) in [7, 11) is -3.67. The molecule has 1 heterocycles. The molecule has 0 bridgehead atoms. The quantitative estimate of drug-likeness (QED) is 0.861. The maximum atomic E-state index is 12.5. The van der Waals surface area contributed by atoms with Gasteiger partial charge in [0.2, 0.25) is 0 Å². The fourth-order valence-corrected chi connectivity index (χ4v) is 3.55. The maximum absolute atomic E-state index is 12.5. The zero-order chi connectivity index (χ0) is 14.9. The minimum Gasteiger partial charge on any atom is -0.478 e. The third-order valence-corrected chi connectivity index (χ3v) is 5.23. The van der Waals surface area contributed by atoms with Crippen LogP contribution in [0.1, 0.15) is 37.0 Å². The second-order valence-electron chi connectivity index (χ2n) is 5.30. The Kier molecular flexibility index (Phi) is 4.10. The van der Waals surface area contributed by atoms with Gasteiger partial charge in [0.1, 0.15) is 0 Å². The molecule has 1 fully saturated rings. The molecule has 0 radical (unpaired) electrons. The highest BCUT2D eigenvalue weighted by molar-refractivity contribution is 7.89. The summed E-state index contributed by atoms with van der Waals surface area (Å²) in [5, 5.41) is 8.70. The van der Waals surface area contributed by atoms with E-state index in [4.69, 9.17) is 5.11 Å². The van der Waals surface area contributed by atoms with Gasteiger partial charge < -0.3 is 5.11 Å². The Labute approximate surface area is 118 Å². The Morgan fingerprint density at radius 1 is 1.45 bits per heavy atom. The highest BCUT2D eigenvalue weighted by Crippen LogP contribution is 2.32. The van der Waals surface area contributed by atoms with E-state index in [1.807, 2.05) is 13.8 Å². The molecule has 1 aliphatic carbocycles. The normalized spacial score (nSPS) is 15.8.